The van der Waals surface area contributed by atoms with Crippen molar-refractivity contribution in [2.75, 3.05) is 0 Å². The van der Waals surface area contributed by atoms with Gasteiger partial charge in [-0.1, -0.05) is 12.8 Å². The molecule has 6 heteroatoms. The van der Waals surface area contributed by atoms with Crippen LogP contribution in [-0.4, -0.2) is 33.8 Å². The molecule has 0 aromatic carbocycles. The first-order valence-electron chi connectivity index (χ1n) is 6.72. The van der Waals surface area contributed by atoms with Crippen molar-refractivity contribution in [2.24, 2.45) is 0 Å². The van der Waals surface area contributed by atoms with Crippen LogP contribution in [0.3, 0.4) is 0 Å². The number of carbonyl (C=O) groups excluding carboxylic acids is 2. The SMILES string of the molecule is O=C1CC(NCc2cscn2)C(=O)N1C1CCCC1. The molecule has 1 N–H and O–H groups in total. The van der Waals surface area contributed by atoms with Gasteiger partial charge in [0.25, 0.3) is 0 Å². The highest BCUT2D eigenvalue weighted by Gasteiger charge is 2.42. The molecular formula is C13H17N3O2S. The first-order valence-corrected chi connectivity index (χ1v) is 7.66. The molecule has 0 spiro atoms. The quantitative estimate of drug-likeness (QED) is 0.844. The topological polar surface area (TPSA) is 62.3 Å². The van der Waals surface area contributed by atoms with Crippen LogP contribution in [0.25, 0.3) is 0 Å². The number of amides is 2. The largest absolute Gasteiger partial charge is 0.300 e. The molecule has 1 aliphatic carbocycles. The van der Waals surface area contributed by atoms with Crippen molar-refractivity contribution in [3.05, 3.63) is 16.6 Å². The normalized spacial score (nSPS) is 24.6. The Bertz CT molecular complexity index is 468. The van der Waals surface area contributed by atoms with Crippen LogP contribution >= 0.6 is 11.3 Å². The molecule has 2 amide bonds. The average molecular weight is 279 g/mol. The lowest BCUT2D eigenvalue weighted by Crippen LogP contribution is -2.42. The third-order valence-electron chi connectivity index (χ3n) is 3.89. The first kappa shape index (κ1) is 12.7. The van der Waals surface area contributed by atoms with E-state index in [4.69, 9.17) is 0 Å². The summed E-state index contributed by atoms with van der Waals surface area (Å²) in [4.78, 5) is 30.0. The molecule has 1 aromatic heterocycles. The monoisotopic (exact) mass is 279 g/mol. The molecular weight excluding hydrogens is 262 g/mol. The van der Waals surface area contributed by atoms with Gasteiger partial charge < -0.3 is 0 Å². The van der Waals surface area contributed by atoms with Crippen molar-refractivity contribution in [2.45, 2.75) is 50.7 Å². The number of thiazole rings is 1. The third kappa shape index (κ3) is 2.55. The van der Waals surface area contributed by atoms with E-state index < -0.39 is 0 Å². The fraction of sp³-hybridized carbons (Fsp3) is 0.615. The molecule has 2 fully saturated rings. The van der Waals surface area contributed by atoms with Crippen molar-refractivity contribution in [1.82, 2.24) is 15.2 Å². The zero-order valence-corrected chi connectivity index (χ0v) is 11.5. The molecule has 1 aromatic rings. The Hall–Kier alpha value is -1.27. The fourth-order valence-corrected chi connectivity index (χ4v) is 3.47. The first-order chi connectivity index (χ1) is 9.25. The van der Waals surface area contributed by atoms with Crippen LogP contribution in [0.4, 0.5) is 0 Å². The summed E-state index contributed by atoms with van der Waals surface area (Å²) < 4.78 is 0. The molecule has 1 saturated heterocycles. The van der Waals surface area contributed by atoms with Crippen molar-refractivity contribution < 1.29 is 9.59 Å². The second kappa shape index (κ2) is 5.38. The number of nitrogens with zero attached hydrogens (tertiary/aromatic N) is 2. The van der Waals surface area contributed by atoms with Gasteiger partial charge in [0, 0.05) is 18.0 Å². The van der Waals surface area contributed by atoms with Gasteiger partial charge in [0.1, 0.15) is 0 Å². The van der Waals surface area contributed by atoms with Gasteiger partial charge in [0.15, 0.2) is 0 Å². The molecule has 1 saturated carbocycles. The van der Waals surface area contributed by atoms with Crippen LogP contribution < -0.4 is 5.32 Å². The smallest absolute Gasteiger partial charge is 0.247 e. The molecule has 2 heterocycles. The highest BCUT2D eigenvalue weighted by atomic mass is 32.1. The summed E-state index contributed by atoms with van der Waals surface area (Å²) in [5.41, 5.74) is 2.69. The Morgan fingerprint density at radius 2 is 2.16 bits per heavy atom. The van der Waals surface area contributed by atoms with Crippen LogP contribution in [0.15, 0.2) is 10.9 Å². The molecule has 102 valence electrons. The number of aromatic nitrogens is 1. The van der Waals surface area contributed by atoms with Crippen LogP contribution in [0.2, 0.25) is 0 Å². The summed E-state index contributed by atoms with van der Waals surface area (Å²) in [5.74, 6) is -0.0696. The van der Waals surface area contributed by atoms with Gasteiger partial charge in [-0.25, -0.2) is 4.98 Å². The summed E-state index contributed by atoms with van der Waals surface area (Å²) in [7, 11) is 0. The van der Waals surface area contributed by atoms with Crippen LogP contribution in [0.5, 0.6) is 0 Å². The molecule has 0 radical (unpaired) electrons. The van der Waals surface area contributed by atoms with Crippen molar-refractivity contribution in [3.8, 4) is 0 Å². The second-order valence-corrected chi connectivity index (χ2v) is 5.88. The number of hydrogen-bond acceptors (Lipinski definition) is 5. The number of likely N-dealkylation sites (tertiary alicyclic amines) is 1. The zero-order chi connectivity index (χ0) is 13.2. The van der Waals surface area contributed by atoms with Crippen LogP contribution in [0.1, 0.15) is 37.8 Å². The van der Waals surface area contributed by atoms with Crippen LogP contribution in [0, 0.1) is 0 Å². The standard InChI is InChI=1S/C13H17N3O2S/c17-12-5-11(14-6-9-7-19-8-15-9)13(18)16(12)10-3-1-2-4-10/h7-8,10-11,14H,1-6H2. The lowest BCUT2D eigenvalue weighted by Gasteiger charge is -2.22. The number of rotatable bonds is 4. The molecule has 19 heavy (non-hydrogen) atoms. The van der Waals surface area contributed by atoms with Crippen molar-refractivity contribution in [3.63, 3.8) is 0 Å². The van der Waals surface area contributed by atoms with E-state index in [1.54, 1.807) is 5.51 Å². The van der Waals surface area contributed by atoms with Gasteiger partial charge in [-0.15, -0.1) is 11.3 Å². The molecule has 3 rings (SSSR count). The predicted octanol–water partition coefficient (Wildman–Crippen LogP) is 1.30. The molecule has 5 nitrogen and oxygen atoms in total. The Morgan fingerprint density at radius 1 is 1.37 bits per heavy atom. The van der Waals surface area contributed by atoms with E-state index in [1.165, 1.54) is 16.2 Å². The molecule has 1 atom stereocenters. The van der Waals surface area contributed by atoms with E-state index in [-0.39, 0.29) is 23.9 Å². The predicted molar refractivity (Wildman–Crippen MR) is 71.5 cm³/mol. The van der Waals surface area contributed by atoms with E-state index in [1.807, 2.05) is 5.38 Å². The van der Waals surface area contributed by atoms with E-state index >= 15 is 0 Å². The van der Waals surface area contributed by atoms with Crippen molar-refractivity contribution in [1.29, 1.82) is 0 Å². The van der Waals surface area contributed by atoms with Gasteiger partial charge in [-0.2, -0.15) is 0 Å². The Balaban J connectivity index is 1.61. The highest BCUT2D eigenvalue weighted by Crippen LogP contribution is 2.28. The summed E-state index contributed by atoms with van der Waals surface area (Å²) in [6, 6.07) is -0.221. The summed E-state index contributed by atoms with van der Waals surface area (Å²) in [6.45, 7) is 0.547. The minimum absolute atomic E-state index is 0.0207. The van der Waals surface area contributed by atoms with Gasteiger partial charge in [-0.3, -0.25) is 19.8 Å². The maximum Gasteiger partial charge on any atom is 0.247 e. The molecule has 1 aliphatic heterocycles. The van der Waals surface area contributed by atoms with Crippen LogP contribution in [-0.2, 0) is 16.1 Å². The van der Waals surface area contributed by atoms with Gasteiger partial charge in [-0.05, 0) is 12.8 Å². The Labute approximate surface area is 116 Å². The number of carbonyl (C=O) groups is 2. The lowest BCUT2D eigenvalue weighted by atomic mass is 10.2. The van der Waals surface area contributed by atoms with E-state index in [0.717, 1.165) is 31.4 Å². The van der Waals surface area contributed by atoms with Crippen molar-refractivity contribution >= 4 is 23.2 Å². The van der Waals surface area contributed by atoms with Gasteiger partial charge in [0.2, 0.25) is 11.8 Å². The fourth-order valence-electron chi connectivity index (χ4n) is 2.91. The summed E-state index contributed by atoms with van der Waals surface area (Å²) >= 11 is 1.53. The van der Waals surface area contributed by atoms with E-state index in [2.05, 4.69) is 10.3 Å². The van der Waals surface area contributed by atoms with E-state index in [9.17, 15) is 9.59 Å². The third-order valence-corrected chi connectivity index (χ3v) is 4.52. The number of imide groups is 1. The van der Waals surface area contributed by atoms with Gasteiger partial charge in [0.05, 0.1) is 23.7 Å². The maximum atomic E-state index is 12.3. The summed E-state index contributed by atoms with van der Waals surface area (Å²) in [5, 5.41) is 5.10. The Kier molecular flexibility index (Phi) is 3.61. The second-order valence-electron chi connectivity index (χ2n) is 5.16. The minimum atomic E-state index is -0.366. The molecule has 0 bridgehead atoms. The van der Waals surface area contributed by atoms with E-state index in [0.29, 0.717) is 13.0 Å². The maximum absolute atomic E-state index is 12.3. The minimum Gasteiger partial charge on any atom is -0.300 e. The summed E-state index contributed by atoms with van der Waals surface area (Å²) in [6.07, 6.45) is 4.48. The molecule has 1 unspecified atom stereocenters. The Morgan fingerprint density at radius 3 is 2.84 bits per heavy atom. The lowest BCUT2D eigenvalue weighted by molar-refractivity contribution is -0.141. The average Bonchev–Trinajstić information content (AvgIpc) is 3.09. The van der Waals surface area contributed by atoms with Gasteiger partial charge >= 0.3 is 0 Å². The number of hydrogen-bond donors (Lipinski definition) is 1. The molecule has 2 aliphatic rings. The number of nitrogens with one attached hydrogen (secondary N) is 1. The highest BCUT2D eigenvalue weighted by molar-refractivity contribution is 7.07. The zero-order valence-electron chi connectivity index (χ0n) is 10.7.